The van der Waals surface area contributed by atoms with Gasteiger partial charge in [-0.3, -0.25) is 10.1 Å². The summed E-state index contributed by atoms with van der Waals surface area (Å²) in [5.74, 6) is 3.05. The van der Waals surface area contributed by atoms with E-state index in [9.17, 15) is 9.59 Å². The summed E-state index contributed by atoms with van der Waals surface area (Å²) in [5, 5.41) is 3.15. The summed E-state index contributed by atoms with van der Waals surface area (Å²) in [4.78, 5) is 26.4. The van der Waals surface area contributed by atoms with Crippen LogP contribution >= 0.6 is 23.5 Å². The molecule has 0 saturated carbocycles. The Balaban J connectivity index is 1.44. The van der Waals surface area contributed by atoms with Crippen LogP contribution in [-0.4, -0.2) is 65.3 Å². The molecule has 8 heteroatoms. The number of amides is 1. The molecule has 2 aliphatic heterocycles. The number of hydrogen-bond acceptors (Lipinski definition) is 7. The molecule has 0 aliphatic carbocycles. The van der Waals surface area contributed by atoms with Crippen LogP contribution in [0.1, 0.15) is 0 Å². The summed E-state index contributed by atoms with van der Waals surface area (Å²) >= 11 is 3.28. The van der Waals surface area contributed by atoms with Gasteiger partial charge in [0, 0.05) is 17.4 Å². The second-order valence-corrected chi connectivity index (χ2v) is 7.45. The van der Waals surface area contributed by atoms with Crippen LogP contribution in [0.15, 0.2) is 30.3 Å². The Morgan fingerprint density at radius 2 is 2.00 bits per heavy atom. The normalized spacial score (nSPS) is 23.2. The first-order valence-electron chi connectivity index (χ1n) is 7.79. The zero-order chi connectivity index (χ0) is 16.8. The minimum atomic E-state index is -0.494. The maximum absolute atomic E-state index is 12.5. The molecule has 130 valence electrons. The van der Waals surface area contributed by atoms with E-state index in [4.69, 9.17) is 9.47 Å². The first kappa shape index (κ1) is 17.4. The van der Waals surface area contributed by atoms with E-state index >= 15 is 0 Å². The highest BCUT2D eigenvalue weighted by Gasteiger charge is 2.39. The van der Waals surface area contributed by atoms with Gasteiger partial charge < -0.3 is 14.4 Å². The number of para-hydroxylation sites is 1. The van der Waals surface area contributed by atoms with Gasteiger partial charge in [0.25, 0.3) is 0 Å². The number of rotatable bonds is 6. The lowest BCUT2D eigenvalue weighted by molar-refractivity contribution is -0.153. The molecule has 1 aromatic carbocycles. The molecule has 6 nitrogen and oxygen atoms in total. The van der Waals surface area contributed by atoms with E-state index in [-0.39, 0.29) is 24.5 Å². The summed E-state index contributed by atoms with van der Waals surface area (Å²) in [6.07, 6.45) is 0. The number of nitrogens with zero attached hydrogens (tertiary/aromatic N) is 1. The Morgan fingerprint density at radius 1 is 1.17 bits per heavy atom. The molecular formula is C16H20N2O4S2. The van der Waals surface area contributed by atoms with E-state index in [1.165, 1.54) is 0 Å². The van der Waals surface area contributed by atoms with E-state index in [1.54, 1.807) is 28.4 Å². The number of carbonyl (C=O) groups is 2. The van der Waals surface area contributed by atoms with Gasteiger partial charge in [0.05, 0.1) is 11.9 Å². The Labute approximate surface area is 149 Å². The monoisotopic (exact) mass is 368 g/mol. The maximum Gasteiger partial charge on any atom is 0.329 e. The van der Waals surface area contributed by atoms with Gasteiger partial charge in [0.2, 0.25) is 5.91 Å². The molecule has 2 saturated heterocycles. The predicted molar refractivity (Wildman–Crippen MR) is 95.1 cm³/mol. The van der Waals surface area contributed by atoms with E-state index < -0.39 is 6.04 Å². The molecule has 1 aromatic rings. The van der Waals surface area contributed by atoms with E-state index in [2.05, 4.69) is 5.32 Å². The molecule has 0 aromatic heterocycles. The van der Waals surface area contributed by atoms with Gasteiger partial charge in [0.15, 0.2) is 0 Å². The van der Waals surface area contributed by atoms with E-state index in [0.29, 0.717) is 18.2 Å². The third-order valence-electron chi connectivity index (χ3n) is 3.79. The highest BCUT2D eigenvalue weighted by molar-refractivity contribution is 7.99. The highest BCUT2D eigenvalue weighted by atomic mass is 32.2. The minimum Gasteiger partial charge on any atom is -0.490 e. The quantitative estimate of drug-likeness (QED) is 0.597. The van der Waals surface area contributed by atoms with Crippen LogP contribution in [0.5, 0.6) is 5.75 Å². The largest absolute Gasteiger partial charge is 0.490 e. The predicted octanol–water partition coefficient (Wildman–Crippen LogP) is 1.17. The first-order valence-corrected chi connectivity index (χ1v) is 10.1. The molecule has 0 spiro atoms. The number of thioether (sulfide) groups is 2. The Hall–Kier alpha value is -1.38. The average molecular weight is 368 g/mol. The number of nitrogens with one attached hydrogen (secondary N) is 1. The van der Waals surface area contributed by atoms with Gasteiger partial charge in [-0.05, 0) is 12.1 Å². The van der Waals surface area contributed by atoms with Crippen molar-refractivity contribution in [1.29, 1.82) is 0 Å². The summed E-state index contributed by atoms with van der Waals surface area (Å²) in [6, 6.07) is 8.70. The zero-order valence-electron chi connectivity index (χ0n) is 13.2. The van der Waals surface area contributed by atoms with Gasteiger partial charge in [-0.2, -0.15) is 0 Å². The van der Waals surface area contributed by atoms with Crippen molar-refractivity contribution in [3.63, 3.8) is 0 Å². The first-order chi connectivity index (χ1) is 11.8. The number of ether oxygens (including phenoxy) is 2. The topological polar surface area (TPSA) is 67.9 Å². The van der Waals surface area contributed by atoms with Crippen LogP contribution in [0.3, 0.4) is 0 Å². The maximum atomic E-state index is 12.5. The minimum absolute atomic E-state index is 0.00696. The number of hydrogen-bond donors (Lipinski definition) is 1. The van der Waals surface area contributed by atoms with Crippen molar-refractivity contribution in [3.05, 3.63) is 30.3 Å². The van der Waals surface area contributed by atoms with E-state index in [1.807, 2.05) is 30.3 Å². The fraction of sp³-hybridized carbons (Fsp3) is 0.500. The second-order valence-electron chi connectivity index (χ2n) is 5.42. The van der Waals surface area contributed by atoms with Crippen LogP contribution < -0.4 is 10.1 Å². The van der Waals surface area contributed by atoms with Crippen molar-refractivity contribution in [2.24, 2.45) is 0 Å². The van der Waals surface area contributed by atoms with E-state index in [0.717, 1.165) is 17.4 Å². The summed E-state index contributed by atoms with van der Waals surface area (Å²) < 4.78 is 10.8. The zero-order valence-corrected chi connectivity index (χ0v) is 14.8. The van der Waals surface area contributed by atoms with Gasteiger partial charge in [-0.15, -0.1) is 23.5 Å². The molecule has 1 N–H and O–H groups in total. The molecule has 0 bridgehead atoms. The standard InChI is InChI=1S/C16H20N2O4S2/c19-15(13-8-23-10-17-13)18-11-24-9-14(18)16(20)22-7-6-21-12-4-2-1-3-5-12/h1-5,13-14,17H,6-11H2/t13-,14-/m0/s1. The van der Waals surface area contributed by atoms with Gasteiger partial charge in [-0.1, -0.05) is 18.2 Å². The molecule has 0 unspecified atom stereocenters. The van der Waals surface area contributed by atoms with Gasteiger partial charge in [-0.25, -0.2) is 4.79 Å². The lowest BCUT2D eigenvalue weighted by Crippen LogP contribution is -2.50. The fourth-order valence-electron chi connectivity index (χ4n) is 2.52. The second kappa shape index (κ2) is 8.64. The van der Waals surface area contributed by atoms with Crippen LogP contribution in [-0.2, 0) is 14.3 Å². The van der Waals surface area contributed by atoms with Crippen LogP contribution in [0.2, 0.25) is 0 Å². The highest BCUT2D eigenvalue weighted by Crippen LogP contribution is 2.24. The summed E-state index contributed by atoms with van der Waals surface area (Å²) in [5.41, 5.74) is 0. The van der Waals surface area contributed by atoms with Gasteiger partial charge >= 0.3 is 5.97 Å². The average Bonchev–Trinajstić information content (AvgIpc) is 3.30. The molecular weight excluding hydrogens is 348 g/mol. The summed E-state index contributed by atoms with van der Waals surface area (Å²) in [6.45, 7) is 0.471. The SMILES string of the molecule is O=C(OCCOc1ccccc1)[C@@H]1CSCN1C(=O)[C@@H]1CSCN1. The Morgan fingerprint density at radius 3 is 2.75 bits per heavy atom. The summed E-state index contributed by atoms with van der Waals surface area (Å²) in [7, 11) is 0. The van der Waals surface area contributed by atoms with Crippen molar-refractivity contribution in [2.75, 3.05) is 36.5 Å². The van der Waals surface area contributed by atoms with Crippen LogP contribution in [0, 0.1) is 0 Å². The molecule has 2 fully saturated rings. The molecule has 24 heavy (non-hydrogen) atoms. The van der Waals surface area contributed by atoms with Crippen LogP contribution in [0.4, 0.5) is 0 Å². The molecule has 2 heterocycles. The smallest absolute Gasteiger partial charge is 0.329 e. The van der Waals surface area contributed by atoms with Crippen LogP contribution in [0.25, 0.3) is 0 Å². The lowest BCUT2D eigenvalue weighted by atomic mass is 10.2. The third-order valence-corrected chi connectivity index (χ3v) is 5.74. The number of benzene rings is 1. The van der Waals surface area contributed by atoms with Crippen molar-refractivity contribution in [2.45, 2.75) is 12.1 Å². The van der Waals surface area contributed by atoms with Gasteiger partial charge in [0.1, 0.15) is 25.0 Å². The lowest BCUT2D eigenvalue weighted by Gasteiger charge is -2.25. The number of carbonyl (C=O) groups excluding carboxylic acids is 2. The molecule has 1 amide bonds. The molecule has 2 aliphatic rings. The van der Waals surface area contributed by atoms with Crippen molar-refractivity contribution < 1.29 is 19.1 Å². The number of esters is 1. The van der Waals surface area contributed by atoms with Crippen molar-refractivity contribution >= 4 is 35.4 Å². The fourth-order valence-corrected chi connectivity index (χ4v) is 4.61. The molecule has 3 rings (SSSR count). The molecule has 0 radical (unpaired) electrons. The van der Waals surface area contributed by atoms with Crippen molar-refractivity contribution in [3.8, 4) is 5.75 Å². The van der Waals surface area contributed by atoms with Crippen molar-refractivity contribution in [1.82, 2.24) is 10.2 Å². The Kier molecular flexibility index (Phi) is 6.28. The Bertz CT molecular complexity index is 566. The third kappa shape index (κ3) is 4.37. The molecule has 2 atom stereocenters.